The van der Waals surface area contributed by atoms with Gasteiger partial charge in [-0.15, -0.1) is 0 Å². The summed E-state index contributed by atoms with van der Waals surface area (Å²) in [7, 11) is 4.01. The van der Waals surface area contributed by atoms with Crippen LogP contribution in [-0.2, 0) is 9.47 Å². The van der Waals surface area contributed by atoms with Gasteiger partial charge in [0, 0.05) is 19.8 Å². The van der Waals surface area contributed by atoms with E-state index in [0.29, 0.717) is 12.1 Å². The van der Waals surface area contributed by atoms with Gasteiger partial charge in [-0.3, -0.25) is 0 Å². The summed E-state index contributed by atoms with van der Waals surface area (Å²) in [6.07, 6.45) is 12.2. The maximum atomic E-state index is 6.25. The predicted molar refractivity (Wildman–Crippen MR) is 80.9 cm³/mol. The Morgan fingerprint density at radius 1 is 1.10 bits per heavy atom. The van der Waals surface area contributed by atoms with Gasteiger partial charge in [-0.05, 0) is 57.4 Å². The van der Waals surface area contributed by atoms with Gasteiger partial charge in [-0.1, -0.05) is 19.3 Å². The van der Waals surface area contributed by atoms with Gasteiger partial charge in [0.1, 0.15) is 0 Å². The van der Waals surface area contributed by atoms with Crippen molar-refractivity contribution in [2.45, 2.75) is 75.5 Å². The van der Waals surface area contributed by atoms with Crippen molar-refractivity contribution < 1.29 is 9.47 Å². The van der Waals surface area contributed by atoms with Crippen LogP contribution in [0, 0.1) is 11.8 Å². The molecule has 1 aliphatic heterocycles. The summed E-state index contributed by atoms with van der Waals surface area (Å²) in [5.74, 6) is 1.51. The highest BCUT2D eigenvalue weighted by Gasteiger charge is 2.45. The molecule has 1 N–H and O–H groups in total. The lowest BCUT2D eigenvalue weighted by Gasteiger charge is -2.46. The normalized spacial score (nSPS) is 33.0. The zero-order valence-corrected chi connectivity index (χ0v) is 13.2. The van der Waals surface area contributed by atoms with E-state index < -0.39 is 0 Å². The molecular formula is C17H31NO2. The number of nitrogens with one attached hydrogen (secondary N) is 1. The van der Waals surface area contributed by atoms with Crippen LogP contribution in [0.3, 0.4) is 0 Å². The average molecular weight is 281 g/mol. The van der Waals surface area contributed by atoms with Crippen LogP contribution in [0.1, 0.15) is 57.8 Å². The monoisotopic (exact) mass is 281 g/mol. The van der Waals surface area contributed by atoms with Crippen molar-refractivity contribution in [2.24, 2.45) is 11.8 Å². The SMILES string of the molecule is CNC(C1CCOC2(CCCCC2)C1)C(OC)C1CC1. The summed E-state index contributed by atoms with van der Waals surface area (Å²) < 4.78 is 12.1. The molecule has 0 bridgehead atoms. The van der Waals surface area contributed by atoms with E-state index in [-0.39, 0.29) is 5.60 Å². The van der Waals surface area contributed by atoms with Gasteiger partial charge in [0.25, 0.3) is 0 Å². The van der Waals surface area contributed by atoms with Gasteiger partial charge in [0.15, 0.2) is 0 Å². The van der Waals surface area contributed by atoms with E-state index in [1.807, 2.05) is 7.11 Å². The fraction of sp³-hybridized carbons (Fsp3) is 1.00. The fourth-order valence-corrected chi connectivity index (χ4v) is 4.64. The summed E-state index contributed by atoms with van der Waals surface area (Å²) in [6.45, 7) is 0.948. The van der Waals surface area contributed by atoms with E-state index in [2.05, 4.69) is 12.4 Å². The van der Waals surface area contributed by atoms with Crippen molar-refractivity contribution in [2.75, 3.05) is 20.8 Å². The van der Waals surface area contributed by atoms with E-state index in [1.165, 1.54) is 57.8 Å². The summed E-state index contributed by atoms with van der Waals surface area (Å²) in [6, 6.07) is 0.509. The molecule has 1 saturated heterocycles. The van der Waals surface area contributed by atoms with E-state index in [1.54, 1.807) is 0 Å². The fourth-order valence-electron chi connectivity index (χ4n) is 4.64. The molecule has 3 nitrogen and oxygen atoms in total. The number of ether oxygens (including phenoxy) is 2. The molecule has 3 aliphatic rings. The summed E-state index contributed by atoms with van der Waals surface area (Å²) in [5.41, 5.74) is 0.206. The van der Waals surface area contributed by atoms with E-state index in [0.717, 1.165) is 18.4 Å². The molecule has 3 rings (SSSR count). The molecule has 1 heterocycles. The molecule has 20 heavy (non-hydrogen) atoms. The van der Waals surface area contributed by atoms with Crippen LogP contribution in [0.2, 0.25) is 0 Å². The quantitative estimate of drug-likeness (QED) is 0.840. The maximum Gasteiger partial charge on any atom is 0.0754 e. The van der Waals surface area contributed by atoms with Gasteiger partial charge in [-0.25, -0.2) is 0 Å². The zero-order chi connectivity index (χ0) is 14.0. The highest BCUT2D eigenvalue weighted by Crippen LogP contribution is 2.44. The maximum absolute atomic E-state index is 6.25. The molecule has 3 fully saturated rings. The van der Waals surface area contributed by atoms with Crippen LogP contribution in [0.25, 0.3) is 0 Å². The molecule has 0 aromatic carbocycles. The second-order valence-electron chi connectivity index (χ2n) is 7.20. The van der Waals surface area contributed by atoms with Gasteiger partial charge >= 0.3 is 0 Å². The molecule has 0 aromatic heterocycles. The predicted octanol–water partition coefficient (Wildman–Crippen LogP) is 3.13. The molecule has 3 atom stereocenters. The number of hydrogen-bond donors (Lipinski definition) is 1. The highest BCUT2D eigenvalue weighted by atomic mass is 16.5. The lowest BCUT2D eigenvalue weighted by atomic mass is 9.73. The van der Waals surface area contributed by atoms with Crippen LogP contribution >= 0.6 is 0 Å². The Morgan fingerprint density at radius 2 is 1.85 bits per heavy atom. The smallest absolute Gasteiger partial charge is 0.0754 e. The Morgan fingerprint density at radius 3 is 2.45 bits per heavy atom. The van der Waals surface area contributed by atoms with Gasteiger partial charge < -0.3 is 14.8 Å². The largest absolute Gasteiger partial charge is 0.380 e. The molecule has 0 amide bonds. The number of rotatable bonds is 5. The summed E-state index contributed by atoms with van der Waals surface area (Å²) in [4.78, 5) is 0. The van der Waals surface area contributed by atoms with Crippen molar-refractivity contribution in [1.82, 2.24) is 5.32 Å². The Bertz CT molecular complexity index is 305. The van der Waals surface area contributed by atoms with E-state index >= 15 is 0 Å². The minimum absolute atomic E-state index is 0.206. The van der Waals surface area contributed by atoms with Crippen molar-refractivity contribution in [1.29, 1.82) is 0 Å². The first-order valence-electron chi connectivity index (χ1n) is 8.62. The third-order valence-electron chi connectivity index (χ3n) is 5.85. The summed E-state index contributed by atoms with van der Waals surface area (Å²) >= 11 is 0. The minimum Gasteiger partial charge on any atom is -0.380 e. The standard InChI is InChI=1S/C17H31NO2/c1-18-15(16(19-2)13-6-7-13)14-8-11-20-17(12-14)9-4-3-5-10-17/h13-16,18H,3-12H2,1-2H3. The lowest BCUT2D eigenvalue weighted by Crippen LogP contribution is -2.52. The number of likely N-dealkylation sites (N-methyl/N-ethyl adjacent to an activating group) is 1. The second-order valence-corrected chi connectivity index (χ2v) is 7.20. The van der Waals surface area contributed by atoms with Crippen LogP contribution < -0.4 is 5.32 Å². The topological polar surface area (TPSA) is 30.5 Å². The second kappa shape index (κ2) is 6.33. The molecule has 3 unspecified atom stereocenters. The molecule has 0 aromatic rings. The van der Waals surface area contributed by atoms with Crippen molar-refractivity contribution in [3.05, 3.63) is 0 Å². The van der Waals surface area contributed by atoms with Crippen molar-refractivity contribution in [3.63, 3.8) is 0 Å². The van der Waals surface area contributed by atoms with E-state index in [9.17, 15) is 0 Å². The Labute approximate surface area is 123 Å². The molecule has 1 spiro atoms. The van der Waals surface area contributed by atoms with Crippen LogP contribution in [-0.4, -0.2) is 38.5 Å². The highest BCUT2D eigenvalue weighted by molar-refractivity contribution is 4.98. The minimum atomic E-state index is 0.206. The molecule has 0 radical (unpaired) electrons. The summed E-state index contributed by atoms with van der Waals surface area (Å²) in [5, 5.41) is 3.59. The van der Waals surface area contributed by atoms with Gasteiger partial charge in [0.2, 0.25) is 0 Å². The molecular weight excluding hydrogens is 250 g/mol. The Balaban J connectivity index is 1.67. The van der Waals surface area contributed by atoms with Gasteiger partial charge in [-0.2, -0.15) is 0 Å². The van der Waals surface area contributed by atoms with Crippen LogP contribution in [0.4, 0.5) is 0 Å². The third kappa shape index (κ3) is 3.05. The number of hydrogen-bond acceptors (Lipinski definition) is 3. The van der Waals surface area contributed by atoms with E-state index in [4.69, 9.17) is 9.47 Å². The van der Waals surface area contributed by atoms with Crippen molar-refractivity contribution >= 4 is 0 Å². The average Bonchev–Trinajstić information content (AvgIpc) is 3.30. The first kappa shape index (κ1) is 14.8. The Kier molecular flexibility index (Phi) is 4.68. The first-order chi connectivity index (χ1) is 9.78. The molecule has 2 saturated carbocycles. The zero-order valence-electron chi connectivity index (χ0n) is 13.2. The molecule has 2 aliphatic carbocycles. The Hall–Kier alpha value is -0.120. The molecule has 116 valence electrons. The lowest BCUT2D eigenvalue weighted by molar-refractivity contribution is -0.128. The number of methoxy groups -OCH3 is 1. The molecule has 3 heteroatoms. The van der Waals surface area contributed by atoms with Crippen molar-refractivity contribution in [3.8, 4) is 0 Å². The van der Waals surface area contributed by atoms with Gasteiger partial charge in [0.05, 0.1) is 11.7 Å². The third-order valence-corrected chi connectivity index (χ3v) is 5.85. The van der Waals surface area contributed by atoms with Crippen LogP contribution in [0.5, 0.6) is 0 Å². The van der Waals surface area contributed by atoms with Crippen LogP contribution in [0.15, 0.2) is 0 Å². The first-order valence-corrected chi connectivity index (χ1v) is 8.62.